The monoisotopic (exact) mass is 329 g/mol. The van der Waals surface area contributed by atoms with Crippen molar-refractivity contribution < 1.29 is 22.8 Å². The van der Waals surface area contributed by atoms with E-state index >= 15 is 0 Å². The maximum absolute atomic E-state index is 13.1. The number of nitro groups is 1. The molecule has 2 rings (SSSR count). The maximum atomic E-state index is 13.1. The number of rotatable bonds is 4. The molecule has 0 saturated carbocycles. The van der Waals surface area contributed by atoms with Gasteiger partial charge in [0.05, 0.1) is 17.6 Å². The second kappa shape index (κ2) is 6.27. The molecule has 0 unspecified atom stereocenters. The van der Waals surface area contributed by atoms with Crippen LogP contribution >= 0.6 is 11.8 Å². The summed E-state index contributed by atoms with van der Waals surface area (Å²) in [6, 6.07) is 8.99. The summed E-state index contributed by atoms with van der Waals surface area (Å²) in [4.78, 5) is 10.5. The van der Waals surface area contributed by atoms with Gasteiger partial charge in [-0.3, -0.25) is 10.1 Å². The molecule has 22 heavy (non-hydrogen) atoms. The van der Waals surface area contributed by atoms with Gasteiger partial charge in [-0.1, -0.05) is 11.8 Å². The van der Waals surface area contributed by atoms with Crippen molar-refractivity contribution in [2.75, 3.05) is 7.11 Å². The molecule has 0 atom stereocenters. The van der Waals surface area contributed by atoms with E-state index < -0.39 is 16.7 Å². The van der Waals surface area contributed by atoms with Crippen molar-refractivity contribution in [3.63, 3.8) is 0 Å². The van der Waals surface area contributed by atoms with Crippen molar-refractivity contribution in [1.82, 2.24) is 0 Å². The molecule has 0 aliphatic rings. The normalized spacial score (nSPS) is 11.3. The maximum Gasteiger partial charge on any atom is 0.417 e. The van der Waals surface area contributed by atoms with Gasteiger partial charge in [0.1, 0.15) is 5.75 Å². The summed E-state index contributed by atoms with van der Waals surface area (Å²) in [5.74, 6) is 0.111. The zero-order valence-corrected chi connectivity index (χ0v) is 12.1. The molecule has 0 bridgehead atoms. The summed E-state index contributed by atoms with van der Waals surface area (Å²) in [6.07, 6.45) is -4.52. The predicted molar refractivity (Wildman–Crippen MR) is 75.2 cm³/mol. The molecule has 0 amide bonds. The molecule has 0 aliphatic carbocycles. The van der Waals surface area contributed by atoms with Crippen LogP contribution in [-0.4, -0.2) is 12.0 Å². The Hall–Kier alpha value is -2.22. The molecule has 2 aromatic carbocycles. The van der Waals surface area contributed by atoms with Gasteiger partial charge < -0.3 is 4.74 Å². The Morgan fingerprint density at radius 2 is 1.77 bits per heavy atom. The fourth-order valence-corrected chi connectivity index (χ4v) is 2.66. The van der Waals surface area contributed by atoms with Gasteiger partial charge in [0.2, 0.25) is 0 Å². The molecule has 0 heterocycles. The lowest BCUT2D eigenvalue weighted by molar-refractivity contribution is -0.384. The third-order valence-electron chi connectivity index (χ3n) is 2.77. The Balaban J connectivity index is 2.34. The largest absolute Gasteiger partial charge is 0.497 e. The number of non-ortho nitro benzene ring substituents is 1. The summed E-state index contributed by atoms with van der Waals surface area (Å²) in [5.41, 5.74) is -0.926. The van der Waals surface area contributed by atoms with Crippen molar-refractivity contribution >= 4 is 17.4 Å². The number of hydrogen-bond donors (Lipinski definition) is 0. The van der Waals surface area contributed by atoms with Crippen molar-refractivity contribution in [3.05, 3.63) is 58.1 Å². The van der Waals surface area contributed by atoms with Crippen LogP contribution in [0.2, 0.25) is 0 Å². The highest BCUT2D eigenvalue weighted by Crippen LogP contribution is 2.41. The minimum absolute atomic E-state index is 0.00199. The van der Waals surface area contributed by atoms with E-state index in [0.717, 1.165) is 17.8 Å². The number of hydrogen-bond acceptors (Lipinski definition) is 4. The van der Waals surface area contributed by atoms with E-state index in [1.807, 2.05) is 0 Å². The van der Waals surface area contributed by atoms with Crippen molar-refractivity contribution in [3.8, 4) is 5.75 Å². The third kappa shape index (κ3) is 3.70. The number of nitrogens with zero attached hydrogens (tertiary/aromatic N) is 1. The van der Waals surface area contributed by atoms with Gasteiger partial charge in [-0.15, -0.1) is 0 Å². The smallest absolute Gasteiger partial charge is 0.417 e. The number of methoxy groups -OCH3 is 1. The Morgan fingerprint density at radius 1 is 1.14 bits per heavy atom. The third-order valence-corrected chi connectivity index (χ3v) is 3.85. The summed E-state index contributed by atoms with van der Waals surface area (Å²) in [7, 11) is 1.29. The van der Waals surface area contributed by atoms with Crippen LogP contribution in [0.15, 0.2) is 52.3 Å². The lowest BCUT2D eigenvalue weighted by Crippen LogP contribution is -2.07. The molecule has 2 aromatic rings. The van der Waals surface area contributed by atoms with Crippen LogP contribution in [0, 0.1) is 10.1 Å². The predicted octanol–water partition coefficient (Wildman–Crippen LogP) is 4.77. The first kappa shape index (κ1) is 16.2. The Labute approximate surface area is 128 Å². The van der Waals surface area contributed by atoms with Gasteiger partial charge in [0.25, 0.3) is 5.69 Å². The number of benzene rings is 2. The molecule has 4 nitrogen and oxygen atoms in total. The molecule has 0 fully saturated rings. The highest BCUT2D eigenvalue weighted by molar-refractivity contribution is 7.99. The van der Waals surface area contributed by atoms with Crippen LogP contribution in [0.5, 0.6) is 5.75 Å². The van der Waals surface area contributed by atoms with Gasteiger partial charge in [0.15, 0.2) is 0 Å². The van der Waals surface area contributed by atoms with Crippen LogP contribution in [-0.2, 0) is 6.18 Å². The first-order valence-corrected chi connectivity index (χ1v) is 6.80. The van der Waals surface area contributed by atoms with Crippen LogP contribution in [0.1, 0.15) is 5.56 Å². The van der Waals surface area contributed by atoms with Crippen LogP contribution in [0.25, 0.3) is 0 Å². The minimum atomic E-state index is -4.52. The fourth-order valence-electron chi connectivity index (χ4n) is 1.71. The second-order valence-corrected chi connectivity index (χ2v) is 5.33. The summed E-state index contributed by atoms with van der Waals surface area (Å²) < 4.78 is 44.1. The van der Waals surface area contributed by atoms with Crippen molar-refractivity contribution in [1.29, 1.82) is 0 Å². The van der Waals surface area contributed by atoms with E-state index in [2.05, 4.69) is 0 Å². The van der Waals surface area contributed by atoms with Crippen molar-refractivity contribution in [2.45, 2.75) is 16.0 Å². The standard InChI is InChI=1S/C14H10F3NO3S/c1-21-10-4-7-13(12(8-10)14(15,16)17)22-11-5-2-9(3-6-11)18(19)20/h2-8H,1H3. The minimum Gasteiger partial charge on any atom is -0.497 e. The molecule has 116 valence electrons. The topological polar surface area (TPSA) is 52.4 Å². The highest BCUT2D eigenvalue weighted by Gasteiger charge is 2.34. The summed E-state index contributed by atoms with van der Waals surface area (Å²) in [6.45, 7) is 0. The van der Waals surface area contributed by atoms with E-state index in [0.29, 0.717) is 4.90 Å². The van der Waals surface area contributed by atoms with E-state index in [4.69, 9.17) is 4.74 Å². The SMILES string of the molecule is COc1ccc(Sc2ccc([N+](=O)[O-])cc2)c(C(F)(F)F)c1. The first-order chi connectivity index (χ1) is 10.3. The summed E-state index contributed by atoms with van der Waals surface area (Å²) in [5, 5.41) is 10.6. The summed E-state index contributed by atoms with van der Waals surface area (Å²) >= 11 is 0.883. The average molecular weight is 329 g/mol. The molecule has 8 heteroatoms. The van der Waals surface area contributed by atoms with Crippen molar-refractivity contribution in [2.24, 2.45) is 0 Å². The van der Waals surface area contributed by atoms with Gasteiger partial charge >= 0.3 is 6.18 Å². The van der Waals surface area contributed by atoms with Gasteiger partial charge in [0, 0.05) is 21.9 Å². The fraction of sp³-hybridized carbons (Fsp3) is 0.143. The van der Waals surface area contributed by atoms with Crippen LogP contribution in [0.4, 0.5) is 18.9 Å². The lowest BCUT2D eigenvalue weighted by Gasteiger charge is -2.13. The Morgan fingerprint density at radius 3 is 2.27 bits per heavy atom. The molecule has 0 radical (unpaired) electrons. The van der Waals surface area contributed by atoms with Gasteiger partial charge in [-0.25, -0.2) is 0 Å². The molecule has 0 aromatic heterocycles. The average Bonchev–Trinajstić information content (AvgIpc) is 2.47. The van der Waals surface area contributed by atoms with Gasteiger partial charge in [-0.05, 0) is 30.3 Å². The molecular weight excluding hydrogens is 319 g/mol. The Bertz CT molecular complexity index is 687. The van der Waals surface area contributed by atoms with Gasteiger partial charge in [-0.2, -0.15) is 13.2 Å². The van der Waals surface area contributed by atoms with E-state index in [9.17, 15) is 23.3 Å². The number of halogens is 3. The van der Waals surface area contributed by atoms with E-state index in [1.54, 1.807) is 0 Å². The first-order valence-electron chi connectivity index (χ1n) is 5.99. The van der Waals surface area contributed by atoms with E-state index in [-0.39, 0.29) is 16.3 Å². The molecular formula is C14H10F3NO3S. The second-order valence-electron chi connectivity index (χ2n) is 4.21. The zero-order valence-electron chi connectivity index (χ0n) is 11.3. The Kier molecular flexibility index (Phi) is 4.60. The van der Waals surface area contributed by atoms with Crippen LogP contribution < -0.4 is 4.74 Å². The number of nitro benzene ring substituents is 1. The molecule has 0 N–H and O–H groups in total. The number of ether oxygens (including phenoxy) is 1. The zero-order chi connectivity index (χ0) is 16.3. The highest BCUT2D eigenvalue weighted by atomic mass is 32.2. The quantitative estimate of drug-likeness (QED) is 0.599. The number of alkyl halides is 3. The van der Waals surface area contributed by atoms with E-state index in [1.165, 1.54) is 43.5 Å². The van der Waals surface area contributed by atoms with Crippen LogP contribution in [0.3, 0.4) is 0 Å². The lowest BCUT2D eigenvalue weighted by atomic mass is 10.2. The molecule has 0 spiro atoms. The molecule has 0 saturated heterocycles. The molecule has 0 aliphatic heterocycles.